The molecule has 2 amide bonds. The van der Waals surface area contributed by atoms with Gasteiger partial charge in [0, 0.05) is 36.2 Å². The lowest BCUT2D eigenvalue weighted by Crippen LogP contribution is -2.29. The van der Waals surface area contributed by atoms with Crippen LogP contribution in [0.3, 0.4) is 0 Å². The number of carbonyl (C=O) groups excluding carboxylic acids is 2. The number of aromatic nitrogens is 1. The molecule has 1 saturated carbocycles. The smallest absolute Gasteiger partial charge is 0.253 e. The van der Waals surface area contributed by atoms with Crippen LogP contribution in [0.4, 0.5) is 5.69 Å². The average molecular weight is 375 g/mol. The number of pyridine rings is 1. The molecule has 5 heteroatoms. The van der Waals surface area contributed by atoms with E-state index in [4.69, 9.17) is 0 Å². The molecule has 1 saturated heterocycles. The summed E-state index contributed by atoms with van der Waals surface area (Å²) < 4.78 is 0. The Labute approximate surface area is 165 Å². The fraction of sp³-hybridized carbons (Fsp3) is 0.348. The van der Waals surface area contributed by atoms with Crippen molar-refractivity contribution in [3.63, 3.8) is 0 Å². The van der Waals surface area contributed by atoms with Gasteiger partial charge in [0.1, 0.15) is 0 Å². The molecule has 144 valence electrons. The number of benzene rings is 1. The van der Waals surface area contributed by atoms with Gasteiger partial charge in [-0.05, 0) is 79.5 Å². The van der Waals surface area contributed by atoms with E-state index in [1.54, 1.807) is 24.3 Å². The Morgan fingerprint density at radius 3 is 2.57 bits per heavy atom. The fourth-order valence-electron chi connectivity index (χ4n) is 3.77. The summed E-state index contributed by atoms with van der Waals surface area (Å²) >= 11 is 0. The Morgan fingerprint density at radius 2 is 1.93 bits per heavy atom. The Morgan fingerprint density at radius 1 is 1.14 bits per heavy atom. The zero-order valence-corrected chi connectivity index (χ0v) is 15.9. The Balaban J connectivity index is 1.32. The zero-order valence-electron chi connectivity index (χ0n) is 15.9. The summed E-state index contributed by atoms with van der Waals surface area (Å²) in [6, 6.07) is 11.4. The van der Waals surface area contributed by atoms with E-state index < -0.39 is 0 Å². The molecule has 0 unspecified atom stereocenters. The minimum Gasteiger partial charge on any atom is -0.338 e. The minimum absolute atomic E-state index is 0.0427. The summed E-state index contributed by atoms with van der Waals surface area (Å²) in [7, 11) is 0. The fourth-order valence-corrected chi connectivity index (χ4v) is 3.77. The van der Waals surface area contributed by atoms with Crippen LogP contribution in [-0.2, 0) is 11.2 Å². The van der Waals surface area contributed by atoms with Crippen LogP contribution in [0.2, 0.25) is 0 Å². The normalized spacial score (nSPS) is 18.7. The second-order valence-corrected chi connectivity index (χ2v) is 7.74. The monoisotopic (exact) mass is 375 g/mol. The van der Waals surface area contributed by atoms with Crippen LogP contribution in [0.5, 0.6) is 0 Å². The first kappa shape index (κ1) is 18.4. The molecule has 0 spiro atoms. The maximum Gasteiger partial charge on any atom is 0.253 e. The van der Waals surface area contributed by atoms with Crippen LogP contribution in [0.1, 0.15) is 46.8 Å². The highest BCUT2D eigenvalue weighted by molar-refractivity contribution is 5.99. The maximum atomic E-state index is 12.8. The molecule has 1 aromatic heterocycles. The maximum absolute atomic E-state index is 12.8. The lowest BCUT2D eigenvalue weighted by molar-refractivity contribution is -0.111. The number of rotatable bonds is 6. The van der Waals surface area contributed by atoms with E-state index in [1.165, 1.54) is 24.5 Å². The number of nitrogens with one attached hydrogen (secondary N) is 1. The van der Waals surface area contributed by atoms with Gasteiger partial charge in [-0.3, -0.25) is 14.6 Å². The molecule has 0 bridgehead atoms. The molecule has 1 aliphatic heterocycles. The van der Waals surface area contributed by atoms with Crippen molar-refractivity contribution in [2.75, 3.05) is 18.4 Å². The number of anilines is 1. The van der Waals surface area contributed by atoms with E-state index in [0.717, 1.165) is 37.5 Å². The first-order chi connectivity index (χ1) is 13.6. The van der Waals surface area contributed by atoms with Gasteiger partial charge in [0.2, 0.25) is 5.91 Å². The van der Waals surface area contributed by atoms with Crippen molar-refractivity contribution in [3.8, 4) is 0 Å². The predicted octanol–water partition coefficient (Wildman–Crippen LogP) is 3.79. The van der Waals surface area contributed by atoms with E-state index in [1.807, 2.05) is 11.1 Å². The van der Waals surface area contributed by atoms with Crippen LogP contribution in [0.25, 0.3) is 0 Å². The summed E-state index contributed by atoms with van der Waals surface area (Å²) in [6.07, 6.45) is 7.76. The molecule has 2 fully saturated rings. The topological polar surface area (TPSA) is 62.3 Å². The van der Waals surface area contributed by atoms with Gasteiger partial charge in [-0.25, -0.2) is 0 Å². The molecule has 4 rings (SSSR count). The van der Waals surface area contributed by atoms with E-state index in [0.29, 0.717) is 17.2 Å². The molecular weight excluding hydrogens is 350 g/mol. The molecule has 0 radical (unpaired) electrons. The number of hydrogen-bond donors (Lipinski definition) is 1. The summed E-state index contributed by atoms with van der Waals surface area (Å²) in [5.74, 6) is 0.966. The first-order valence-corrected chi connectivity index (χ1v) is 9.90. The van der Waals surface area contributed by atoms with Gasteiger partial charge in [-0.15, -0.1) is 0 Å². The standard InChI is InChI=1S/C23H25N3O2/c1-2-22(27)25-20-8-5-18(6-9-20)23(28)26-12-11-16(15-26)13-21-10-7-19(14-24-21)17-3-4-17/h2,5-10,14,16-17H,1,3-4,11-13,15H2,(H,25,27)/t16-/m0/s1. The van der Waals surface area contributed by atoms with Crippen LogP contribution in [-0.4, -0.2) is 34.8 Å². The van der Waals surface area contributed by atoms with Crippen molar-refractivity contribution >= 4 is 17.5 Å². The highest BCUT2D eigenvalue weighted by Gasteiger charge is 2.28. The van der Waals surface area contributed by atoms with E-state index in [2.05, 4.69) is 29.0 Å². The third-order valence-corrected chi connectivity index (χ3v) is 5.55. The Bertz CT molecular complexity index is 870. The van der Waals surface area contributed by atoms with Gasteiger partial charge in [0.25, 0.3) is 5.91 Å². The predicted molar refractivity (Wildman–Crippen MR) is 109 cm³/mol. The van der Waals surface area contributed by atoms with Crippen molar-refractivity contribution in [2.45, 2.75) is 31.6 Å². The SMILES string of the molecule is C=CC(=O)Nc1ccc(C(=O)N2CC[C@@H](Cc3ccc(C4CC4)cn3)C2)cc1. The van der Waals surface area contributed by atoms with Crippen molar-refractivity contribution in [3.05, 3.63) is 72.1 Å². The summed E-state index contributed by atoms with van der Waals surface area (Å²) in [4.78, 5) is 30.7. The number of hydrogen-bond acceptors (Lipinski definition) is 3. The van der Waals surface area contributed by atoms with E-state index >= 15 is 0 Å². The molecule has 1 aromatic carbocycles. The van der Waals surface area contributed by atoms with Crippen LogP contribution in [0.15, 0.2) is 55.3 Å². The molecule has 2 aromatic rings. The minimum atomic E-state index is -0.264. The largest absolute Gasteiger partial charge is 0.338 e. The van der Waals surface area contributed by atoms with Gasteiger partial charge in [0.05, 0.1) is 0 Å². The van der Waals surface area contributed by atoms with E-state index in [9.17, 15) is 9.59 Å². The lowest BCUT2D eigenvalue weighted by Gasteiger charge is -2.17. The molecule has 1 atom stereocenters. The quantitative estimate of drug-likeness (QED) is 0.782. The summed E-state index contributed by atoms with van der Waals surface area (Å²) in [6.45, 7) is 4.97. The average Bonchev–Trinajstić information content (AvgIpc) is 3.47. The number of carbonyl (C=O) groups is 2. The molecule has 2 heterocycles. The molecule has 1 N–H and O–H groups in total. The highest BCUT2D eigenvalue weighted by Crippen LogP contribution is 2.39. The molecule has 2 aliphatic rings. The first-order valence-electron chi connectivity index (χ1n) is 9.90. The molecule has 5 nitrogen and oxygen atoms in total. The highest BCUT2D eigenvalue weighted by atomic mass is 16.2. The lowest BCUT2D eigenvalue weighted by atomic mass is 10.0. The third kappa shape index (κ3) is 4.30. The van der Waals surface area contributed by atoms with Crippen molar-refractivity contribution in [2.24, 2.45) is 5.92 Å². The van der Waals surface area contributed by atoms with Crippen molar-refractivity contribution < 1.29 is 9.59 Å². The number of likely N-dealkylation sites (tertiary alicyclic amines) is 1. The van der Waals surface area contributed by atoms with Gasteiger partial charge >= 0.3 is 0 Å². The van der Waals surface area contributed by atoms with Gasteiger partial charge < -0.3 is 10.2 Å². The van der Waals surface area contributed by atoms with Gasteiger partial charge in [-0.1, -0.05) is 12.6 Å². The Hall–Kier alpha value is -2.95. The van der Waals surface area contributed by atoms with Crippen LogP contribution in [0, 0.1) is 5.92 Å². The van der Waals surface area contributed by atoms with Gasteiger partial charge in [-0.2, -0.15) is 0 Å². The molecular formula is C23H25N3O2. The second-order valence-electron chi connectivity index (χ2n) is 7.74. The summed E-state index contributed by atoms with van der Waals surface area (Å²) in [5, 5.41) is 2.69. The van der Waals surface area contributed by atoms with Crippen LogP contribution < -0.4 is 5.32 Å². The molecule has 28 heavy (non-hydrogen) atoms. The third-order valence-electron chi connectivity index (χ3n) is 5.55. The summed E-state index contributed by atoms with van der Waals surface area (Å²) in [5.41, 5.74) is 3.77. The Kier molecular flexibility index (Phi) is 5.24. The van der Waals surface area contributed by atoms with Crippen molar-refractivity contribution in [1.29, 1.82) is 0 Å². The number of nitrogens with zero attached hydrogens (tertiary/aromatic N) is 2. The zero-order chi connectivity index (χ0) is 19.5. The molecule has 1 aliphatic carbocycles. The van der Waals surface area contributed by atoms with Gasteiger partial charge in [0.15, 0.2) is 0 Å². The van der Waals surface area contributed by atoms with E-state index in [-0.39, 0.29) is 11.8 Å². The van der Waals surface area contributed by atoms with Crippen LogP contribution >= 0.6 is 0 Å². The second kappa shape index (κ2) is 7.97. The van der Waals surface area contributed by atoms with Crippen molar-refractivity contribution in [1.82, 2.24) is 9.88 Å². The number of amides is 2.